The molecule has 3 aromatic carbocycles. The Bertz CT molecular complexity index is 1470. The Morgan fingerprint density at radius 1 is 1.00 bits per heavy atom. The van der Waals surface area contributed by atoms with Crippen molar-refractivity contribution in [2.24, 2.45) is 5.16 Å². The highest BCUT2D eigenvalue weighted by Gasteiger charge is 2.30. The smallest absolute Gasteiger partial charge is 0.416 e. The summed E-state index contributed by atoms with van der Waals surface area (Å²) in [5.74, 6) is -0.132. The third kappa shape index (κ3) is 9.50. The maximum atomic E-state index is 13.0. The summed E-state index contributed by atoms with van der Waals surface area (Å²) in [7, 11) is 2.71. The zero-order valence-corrected chi connectivity index (χ0v) is 23.6. The molecule has 3 aromatic rings. The van der Waals surface area contributed by atoms with Crippen LogP contribution in [0.3, 0.4) is 0 Å². The number of carbonyl (C=O) groups is 1. The molecule has 0 aliphatic rings. The van der Waals surface area contributed by atoms with E-state index in [1.54, 1.807) is 54.6 Å². The van der Waals surface area contributed by atoms with Gasteiger partial charge in [0.15, 0.2) is 0 Å². The average Bonchev–Trinajstić information content (AvgIpc) is 3.01. The van der Waals surface area contributed by atoms with Crippen molar-refractivity contribution in [3.05, 3.63) is 132 Å². The van der Waals surface area contributed by atoms with Crippen molar-refractivity contribution in [2.75, 3.05) is 20.8 Å². The fourth-order valence-corrected chi connectivity index (χ4v) is 3.76. The Hall–Kier alpha value is -5.03. The van der Waals surface area contributed by atoms with Crippen LogP contribution in [0.2, 0.25) is 0 Å². The quantitative estimate of drug-likeness (QED) is 0.0403. The van der Waals surface area contributed by atoms with Gasteiger partial charge in [0, 0.05) is 5.56 Å². The molecule has 0 radical (unpaired) electrons. The number of rotatable bonds is 15. The van der Waals surface area contributed by atoms with Crippen molar-refractivity contribution in [3.63, 3.8) is 0 Å². The Labute approximate surface area is 247 Å². The van der Waals surface area contributed by atoms with Crippen LogP contribution >= 0.6 is 0 Å². The summed E-state index contributed by atoms with van der Waals surface area (Å²) < 4.78 is 54.6. The molecule has 0 unspecified atom stereocenters. The van der Waals surface area contributed by atoms with Gasteiger partial charge in [-0.25, -0.2) is 4.79 Å². The number of benzene rings is 3. The minimum absolute atomic E-state index is 0.0380. The molecule has 0 aromatic heterocycles. The molecule has 0 heterocycles. The molecule has 0 saturated carbocycles. The van der Waals surface area contributed by atoms with Crippen LogP contribution in [0.15, 0.2) is 109 Å². The van der Waals surface area contributed by atoms with E-state index >= 15 is 0 Å². The first-order valence-electron chi connectivity index (χ1n) is 12.8. The summed E-state index contributed by atoms with van der Waals surface area (Å²) in [6.07, 6.45) is -1.61. The summed E-state index contributed by atoms with van der Waals surface area (Å²) in [5.41, 5.74) is 5.02. The number of hydrogen-bond donors (Lipinski definition) is 1. The number of halogens is 3. The van der Waals surface area contributed by atoms with Gasteiger partial charge in [-0.05, 0) is 53.1 Å². The lowest BCUT2D eigenvalue weighted by molar-refractivity contribution is -0.137. The molecule has 1 N–H and O–H groups in total. The van der Waals surface area contributed by atoms with Crippen LogP contribution in [0.5, 0.6) is 5.75 Å². The summed E-state index contributed by atoms with van der Waals surface area (Å²) in [5, 5.41) is 4.14. The Morgan fingerprint density at radius 2 is 1.74 bits per heavy atom. The maximum Gasteiger partial charge on any atom is 0.416 e. The summed E-state index contributed by atoms with van der Waals surface area (Å²) in [4.78, 5) is 23.2. The number of alkyl halides is 3. The molecular weight excluding hydrogens is 565 g/mol. The van der Waals surface area contributed by atoms with Crippen LogP contribution in [0, 0.1) is 0 Å². The highest BCUT2D eigenvalue weighted by atomic mass is 19.4. The van der Waals surface area contributed by atoms with Crippen molar-refractivity contribution in [2.45, 2.75) is 19.4 Å². The van der Waals surface area contributed by atoms with Gasteiger partial charge in [0.25, 0.3) is 0 Å². The molecule has 0 amide bonds. The van der Waals surface area contributed by atoms with E-state index in [-0.39, 0.29) is 31.1 Å². The van der Waals surface area contributed by atoms with Gasteiger partial charge < -0.3 is 19.0 Å². The minimum Gasteiger partial charge on any atom is -0.503 e. The van der Waals surface area contributed by atoms with E-state index in [1.165, 1.54) is 32.6 Å². The molecule has 8 nitrogen and oxygen atoms in total. The average molecular weight is 597 g/mol. The van der Waals surface area contributed by atoms with Gasteiger partial charge >= 0.3 is 12.1 Å². The number of methoxy groups -OCH3 is 2. The van der Waals surface area contributed by atoms with E-state index in [1.807, 2.05) is 0 Å². The van der Waals surface area contributed by atoms with Crippen molar-refractivity contribution in [1.29, 1.82) is 0 Å². The normalized spacial score (nSPS) is 11.8. The molecule has 11 heteroatoms. The summed E-state index contributed by atoms with van der Waals surface area (Å²) in [6, 6.07) is 18.7. The maximum absolute atomic E-state index is 13.0. The van der Waals surface area contributed by atoms with Crippen LogP contribution in [0.1, 0.15) is 27.8 Å². The van der Waals surface area contributed by atoms with Crippen LogP contribution in [-0.2, 0) is 43.3 Å². The number of oxime groups is 1. The van der Waals surface area contributed by atoms with Crippen molar-refractivity contribution in [1.82, 2.24) is 5.48 Å². The van der Waals surface area contributed by atoms with Gasteiger partial charge in [0.05, 0.1) is 31.7 Å². The highest BCUT2D eigenvalue weighted by Crippen LogP contribution is 2.30. The van der Waals surface area contributed by atoms with E-state index in [4.69, 9.17) is 23.9 Å². The first-order valence-corrected chi connectivity index (χ1v) is 12.8. The lowest BCUT2D eigenvalue weighted by atomic mass is 10.0. The fraction of sp³-hybridized carbons (Fsp3) is 0.188. The van der Waals surface area contributed by atoms with Crippen molar-refractivity contribution < 1.29 is 41.9 Å². The largest absolute Gasteiger partial charge is 0.503 e. The number of esters is 1. The second-order valence-corrected chi connectivity index (χ2v) is 8.82. The first-order chi connectivity index (χ1) is 20.7. The van der Waals surface area contributed by atoms with Gasteiger partial charge in [0.1, 0.15) is 36.9 Å². The van der Waals surface area contributed by atoms with Gasteiger partial charge in [-0.2, -0.15) is 13.2 Å². The molecule has 0 bridgehead atoms. The molecule has 0 saturated heterocycles. The fourth-order valence-electron chi connectivity index (χ4n) is 3.76. The number of hydroxylamine groups is 1. The van der Waals surface area contributed by atoms with Crippen molar-refractivity contribution >= 4 is 17.3 Å². The van der Waals surface area contributed by atoms with Gasteiger partial charge in [0.2, 0.25) is 0 Å². The molecule has 0 fully saturated rings. The number of ether oxygens (including phenoxy) is 3. The number of allylic oxidation sites excluding steroid dienone is 1. The molecule has 0 atom stereocenters. The molecule has 0 aliphatic heterocycles. The van der Waals surface area contributed by atoms with Crippen molar-refractivity contribution in [3.8, 4) is 5.75 Å². The SMILES string of the molecule is C=CCON=C(C(=C)NOCc1ccccc1C(=COC)C(=O)OC)c1ccc(OCc2cccc(C(F)(F)F)c2)cc1. The van der Waals surface area contributed by atoms with Gasteiger partial charge in [-0.1, -0.05) is 60.8 Å². The monoisotopic (exact) mass is 596 g/mol. The van der Waals surface area contributed by atoms with Crippen LogP contribution in [-0.4, -0.2) is 32.5 Å². The Balaban J connectivity index is 1.69. The summed E-state index contributed by atoms with van der Waals surface area (Å²) >= 11 is 0. The molecule has 3 rings (SSSR count). The number of hydrogen-bond acceptors (Lipinski definition) is 8. The Morgan fingerprint density at radius 3 is 2.42 bits per heavy atom. The second-order valence-electron chi connectivity index (χ2n) is 8.82. The Kier molecular flexibility index (Phi) is 12.0. The molecule has 226 valence electrons. The van der Waals surface area contributed by atoms with E-state index in [2.05, 4.69) is 23.8 Å². The van der Waals surface area contributed by atoms with E-state index in [0.717, 1.165) is 12.1 Å². The topological polar surface area (TPSA) is 87.6 Å². The predicted octanol–water partition coefficient (Wildman–Crippen LogP) is 6.59. The third-order valence-electron chi connectivity index (χ3n) is 5.79. The predicted molar refractivity (Wildman–Crippen MR) is 155 cm³/mol. The second kappa shape index (κ2) is 15.8. The van der Waals surface area contributed by atoms with Crippen LogP contribution < -0.4 is 10.2 Å². The lowest BCUT2D eigenvalue weighted by Crippen LogP contribution is -2.21. The van der Waals surface area contributed by atoms with E-state index in [0.29, 0.717) is 33.7 Å². The molecule has 0 aliphatic carbocycles. The van der Waals surface area contributed by atoms with Crippen LogP contribution in [0.25, 0.3) is 5.57 Å². The zero-order valence-electron chi connectivity index (χ0n) is 23.6. The van der Waals surface area contributed by atoms with Gasteiger partial charge in [-0.3, -0.25) is 10.3 Å². The number of nitrogens with zero attached hydrogens (tertiary/aromatic N) is 1. The standard InChI is InChI=1S/C32H31F3N2O6/c1-5-17-42-37-30(22(2)36-43-20-25-10-6-7-12-28(25)29(21-39-3)31(38)40-4)24-13-15-27(16-14-24)41-19-23-9-8-11-26(18-23)32(33,34)35/h5-16,18,21,36H,1-2,17,19-20H2,3-4H3. The zero-order chi connectivity index (χ0) is 31.2. The molecule has 0 spiro atoms. The van der Waals surface area contributed by atoms with Crippen LogP contribution in [0.4, 0.5) is 13.2 Å². The highest BCUT2D eigenvalue weighted by molar-refractivity contribution is 6.16. The number of nitrogens with one attached hydrogen (secondary N) is 1. The molecule has 43 heavy (non-hydrogen) atoms. The van der Waals surface area contributed by atoms with Gasteiger partial charge in [-0.15, -0.1) is 0 Å². The first kappa shape index (κ1) is 32.5. The van der Waals surface area contributed by atoms with E-state index < -0.39 is 17.7 Å². The van der Waals surface area contributed by atoms with E-state index in [9.17, 15) is 18.0 Å². The third-order valence-corrected chi connectivity index (χ3v) is 5.79. The number of carbonyl (C=O) groups excluding carboxylic acids is 1. The summed E-state index contributed by atoms with van der Waals surface area (Å²) in [6.45, 7) is 7.73. The molecular formula is C32H31F3N2O6. The lowest BCUT2D eigenvalue weighted by Gasteiger charge is -2.15. The minimum atomic E-state index is -4.43.